The van der Waals surface area contributed by atoms with Gasteiger partial charge in [-0.15, -0.1) is 14.8 Å². The fraction of sp³-hybridized carbons (Fsp3) is 0.318. The molecular weight excluding hydrogens is 421 g/mol. The van der Waals surface area contributed by atoms with Gasteiger partial charge in [0.25, 0.3) is 6.43 Å². The Morgan fingerprint density at radius 3 is 2.75 bits per heavy atom. The number of hydrogen-bond donors (Lipinski definition) is 1. The maximum absolute atomic E-state index is 14.5. The van der Waals surface area contributed by atoms with Crippen molar-refractivity contribution in [3.8, 4) is 0 Å². The van der Waals surface area contributed by atoms with Gasteiger partial charge in [-0.05, 0) is 24.6 Å². The maximum Gasteiger partial charge on any atom is 0.266 e. The average Bonchev–Trinajstić information content (AvgIpc) is 3.27. The third-order valence-corrected chi connectivity index (χ3v) is 6.26. The Bertz CT molecular complexity index is 1310. The van der Waals surface area contributed by atoms with Crippen LogP contribution in [0.25, 0.3) is 16.4 Å². The monoisotopic (exact) mass is 440 g/mol. The lowest BCUT2D eigenvalue weighted by atomic mass is 9.90. The Hall–Kier alpha value is -3.40. The van der Waals surface area contributed by atoms with E-state index in [9.17, 15) is 13.2 Å². The molecule has 2 aromatic carbocycles. The van der Waals surface area contributed by atoms with Crippen LogP contribution < -0.4 is 10.2 Å². The van der Waals surface area contributed by atoms with Crippen LogP contribution in [0.15, 0.2) is 42.7 Å². The molecule has 4 heterocycles. The molecule has 1 N–H and O–H groups in total. The van der Waals surface area contributed by atoms with Crippen LogP contribution in [0.2, 0.25) is 0 Å². The quantitative estimate of drug-likeness (QED) is 0.507. The molecule has 2 bridgehead atoms. The van der Waals surface area contributed by atoms with E-state index in [-0.39, 0.29) is 12.1 Å². The van der Waals surface area contributed by atoms with E-state index in [1.807, 2.05) is 12.1 Å². The zero-order chi connectivity index (χ0) is 21.8. The van der Waals surface area contributed by atoms with E-state index in [1.54, 1.807) is 0 Å². The van der Waals surface area contributed by atoms with Crippen molar-refractivity contribution < 1.29 is 17.9 Å². The van der Waals surface area contributed by atoms with Crippen molar-refractivity contribution in [3.63, 3.8) is 0 Å². The number of nitrogens with zero attached hydrogens (tertiary/aromatic N) is 5. The first kappa shape index (κ1) is 19.3. The van der Waals surface area contributed by atoms with Gasteiger partial charge in [0.1, 0.15) is 12.1 Å². The van der Waals surface area contributed by atoms with Gasteiger partial charge in [-0.1, -0.05) is 18.2 Å². The average molecular weight is 440 g/mol. The second-order valence-corrected chi connectivity index (χ2v) is 8.11. The zero-order valence-electron chi connectivity index (χ0n) is 16.9. The predicted molar refractivity (Wildman–Crippen MR) is 112 cm³/mol. The Balaban J connectivity index is 1.40. The van der Waals surface area contributed by atoms with Crippen molar-refractivity contribution in [1.82, 2.24) is 19.8 Å². The summed E-state index contributed by atoms with van der Waals surface area (Å²) < 4.78 is 47.6. The number of benzene rings is 2. The van der Waals surface area contributed by atoms with Gasteiger partial charge in [0, 0.05) is 28.6 Å². The number of nitrogens with one attached hydrogen (secondary N) is 1. The molecule has 0 radical (unpaired) electrons. The predicted octanol–water partition coefficient (Wildman–Crippen LogP) is 3.94. The van der Waals surface area contributed by atoms with Gasteiger partial charge < -0.3 is 15.0 Å². The van der Waals surface area contributed by atoms with Crippen molar-refractivity contribution in [1.29, 1.82) is 0 Å². The lowest BCUT2D eigenvalue weighted by Gasteiger charge is -2.53. The Kier molecular flexibility index (Phi) is 4.42. The summed E-state index contributed by atoms with van der Waals surface area (Å²) in [7, 11) is 0. The summed E-state index contributed by atoms with van der Waals surface area (Å²) in [6, 6.07) is 10.8. The fourth-order valence-corrected chi connectivity index (χ4v) is 4.69. The number of aromatic nitrogens is 4. The van der Waals surface area contributed by atoms with E-state index in [1.165, 1.54) is 23.1 Å². The first-order chi connectivity index (χ1) is 15.6. The molecule has 2 atom stereocenters. The molecule has 2 saturated heterocycles. The highest BCUT2D eigenvalue weighted by Gasteiger charge is 2.42. The number of anilines is 2. The van der Waals surface area contributed by atoms with Crippen molar-refractivity contribution >= 4 is 27.9 Å². The summed E-state index contributed by atoms with van der Waals surface area (Å²) in [5.74, 6) is -0.432. The maximum atomic E-state index is 14.5. The number of ether oxygens (including phenoxy) is 1. The molecule has 0 amide bonds. The van der Waals surface area contributed by atoms with Gasteiger partial charge in [0.15, 0.2) is 11.5 Å². The van der Waals surface area contributed by atoms with Crippen molar-refractivity contribution in [2.75, 3.05) is 23.4 Å². The van der Waals surface area contributed by atoms with E-state index < -0.39 is 17.8 Å². The zero-order valence-corrected chi connectivity index (χ0v) is 16.9. The van der Waals surface area contributed by atoms with Crippen molar-refractivity contribution in [2.45, 2.75) is 31.5 Å². The number of rotatable bonds is 5. The van der Waals surface area contributed by atoms with E-state index in [0.29, 0.717) is 36.8 Å². The van der Waals surface area contributed by atoms with E-state index in [0.717, 1.165) is 28.9 Å². The Morgan fingerprint density at radius 2 is 1.97 bits per heavy atom. The summed E-state index contributed by atoms with van der Waals surface area (Å²) in [4.78, 5) is 6.66. The number of alkyl halides is 2. The van der Waals surface area contributed by atoms with Gasteiger partial charge >= 0.3 is 0 Å². The van der Waals surface area contributed by atoms with Crippen LogP contribution in [-0.2, 0) is 11.3 Å². The van der Waals surface area contributed by atoms with Crippen LogP contribution in [0, 0.1) is 5.82 Å². The highest BCUT2D eigenvalue weighted by Crippen LogP contribution is 2.38. The molecule has 0 saturated carbocycles. The molecule has 7 nitrogen and oxygen atoms in total. The van der Waals surface area contributed by atoms with Crippen LogP contribution in [-0.4, -0.2) is 45.1 Å². The van der Waals surface area contributed by atoms with E-state index >= 15 is 0 Å². The molecule has 2 aliphatic rings. The summed E-state index contributed by atoms with van der Waals surface area (Å²) in [6.45, 7) is 1.42. The van der Waals surface area contributed by atoms with Crippen LogP contribution >= 0.6 is 0 Å². The van der Waals surface area contributed by atoms with Crippen LogP contribution in [0.1, 0.15) is 24.0 Å². The normalized spacial score (nSPS) is 20.2. The van der Waals surface area contributed by atoms with E-state index in [4.69, 9.17) is 4.74 Å². The SMILES string of the molecule is Fc1c(CNc2nn3ncnc3c3ccc(N4C5COC[C@H]4C5)cc23)cccc1C(F)F. The third kappa shape index (κ3) is 2.97. The molecule has 164 valence electrons. The second kappa shape index (κ2) is 7.33. The van der Waals surface area contributed by atoms with Gasteiger partial charge in [0.2, 0.25) is 0 Å². The third-order valence-electron chi connectivity index (χ3n) is 6.26. The first-order valence-corrected chi connectivity index (χ1v) is 10.4. The Labute approximate surface area is 180 Å². The minimum atomic E-state index is -2.87. The molecule has 2 aromatic heterocycles. The molecule has 2 fully saturated rings. The molecule has 10 heteroatoms. The number of morpholine rings is 1. The standard InChI is InChI=1S/C22H19F3N6O/c23-19-12(2-1-3-17(19)20(24)25)8-26-21-18-7-13(30-14-6-15(30)10-32-9-14)4-5-16(18)22-27-11-28-31(22)29-21/h1-5,7,11,14-15,20H,6,8-10H2,(H,26,29)/t14-,15?/m1/s1. The molecule has 6 rings (SSSR count). The fourth-order valence-electron chi connectivity index (χ4n) is 4.69. The van der Waals surface area contributed by atoms with Crippen LogP contribution in [0.3, 0.4) is 0 Å². The summed E-state index contributed by atoms with van der Waals surface area (Å²) in [6.07, 6.45) is -0.338. The summed E-state index contributed by atoms with van der Waals surface area (Å²) in [5.41, 5.74) is 1.20. The minimum Gasteiger partial charge on any atom is -0.377 e. The Morgan fingerprint density at radius 1 is 1.12 bits per heavy atom. The smallest absolute Gasteiger partial charge is 0.266 e. The highest BCUT2D eigenvalue weighted by molar-refractivity contribution is 6.01. The molecule has 0 aliphatic carbocycles. The largest absolute Gasteiger partial charge is 0.377 e. The van der Waals surface area contributed by atoms with Crippen molar-refractivity contribution in [3.05, 3.63) is 59.7 Å². The molecule has 32 heavy (non-hydrogen) atoms. The van der Waals surface area contributed by atoms with Crippen molar-refractivity contribution in [2.24, 2.45) is 0 Å². The lowest BCUT2D eigenvalue weighted by molar-refractivity contribution is 0.0103. The van der Waals surface area contributed by atoms with Gasteiger partial charge in [-0.3, -0.25) is 0 Å². The van der Waals surface area contributed by atoms with Crippen LogP contribution in [0.5, 0.6) is 0 Å². The molecular formula is C22H19F3N6O. The highest BCUT2D eigenvalue weighted by atomic mass is 19.3. The lowest BCUT2D eigenvalue weighted by Crippen LogP contribution is -2.64. The van der Waals surface area contributed by atoms with E-state index in [2.05, 4.69) is 31.5 Å². The second-order valence-electron chi connectivity index (χ2n) is 8.11. The minimum absolute atomic E-state index is 0.00172. The number of fused-ring (bicyclic) bond motifs is 5. The molecule has 0 spiro atoms. The van der Waals surface area contributed by atoms with Gasteiger partial charge in [0.05, 0.1) is 30.9 Å². The number of hydrogen-bond acceptors (Lipinski definition) is 6. The topological polar surface area (TPSA) is 67.6 Å². The summed E-state index contributed by atoms with van der Waals surface area (Å²) in [5, 5.41) is 13.4. The first-order valence-electron chi connectivity index (χ1n) is 10.4. The molecule has 1 unspecified atom stereocenters. The number of halogens is 3. The molecule has 2 aliphatic heterocycles. The van der Waals surface area contributed by atoms with Gasteiger partial charge in [-0.2, -0.15) is 0 Å². The molecule has 4 aromatic rings. The summed E-state index contributed by atoms with van der Waals surface area (Å²) >= 11 is 0. The van der Waals surface area contributed by atoms with Gasteiger partial charge in [-0.25, -0.2) is 18.2 Å². The van der Waals surface area contributed by atoms with Crippen LogP contribution in [0.4, 0.5) is 24.7 Å².